The summed E-state index contributed by atoms with van der Waals surface area (Å²) in [6.45, 7) is 9.63. The quantitative estimate of drug-likeness (QED) is 0.339. The molecule has 1 atom stereocenters. The molecule has 0 radical (unpaired) electrons. The fourth-order valence-corrected chi connectivity index (χ4v) is 5.53. The van der Waals surface area contributed by atoms with Gasteiger partial charge in [0.05, 0.1) is 0 Å². The summed E-state index contributed by atoms with van der Waals surface area (Å²) in [7, 11) is 0. The Morgan fingerprint density at radius 3 is 2.21 bits per heavy atom. The minimum absolute atomic E-state index is 0.0327. The Balaban J connectivity index is 1.49. The van der Waals surface area contributed by atoms with Gasteiger partial charge in [-0.05, 0) is 80.2 Å². The highest BCUT2D eigenvalue weighted by Gasteiger charge is 2.33. The van der Waals surface area contributed by atoms with E-state index in [2.05, 4.69) is 31.2 Å². The molecule has 0 N–H and O–H groups in total. The number of allylic oxidation sites excluding steroid dienone is 2. The molecule has 0 aliphatic heterocycles. The van der Waals surface area contributed by atoms with Crippen LogP contribution in [0.4, 0.5) is 0 Å². The zero-order valence-corrected chi connectivity index (χ0v) is 21.1. The topological polar surface area (TPSA) is 51.2 Å². The number of rotatable bonds is 7. The fraction of sp³-hybridized carbons (Fsp3) is 0.452. The maximum Gasteiger partial charge on any atom is 0.229 e. The van der Waals surface area contributed by atoms with Gasteiger partial charge < -0.3 is 0 Å². The summed E-state index contributed by atoms with van der Waals surface area (Å²) in [6.07, 6.45) is 6.93. The third kappa shape index (κ3) is 4.85. The van der Waals surface area contributed by atoms with E-state index in [1.54, 1.807) is 13.8 Å². The number of hydrogen-bond acceptors (Lipinski definition) is 3. The number of fused-ring (bicyclic) bond motifs is 1. The second-order valence-electron chi connectivity index (χ2n) is 10.7. The molecule has 2 aromatic carbocycles. The second-order valence-corrected chi connectivity index (χ2v) is 10.7. The highest BCUT2D eigenvalue weighted by molar-refractivity contribution is 6.54. The molecule has 3 nitrogen and oxygen atoms in total. The molecule has 0 saturated heterocycles. The normalized spacial score (nSPS) is 21.8. The molecule has 178 valence electrons. The van der Waals surface area contributed by atoms with Crippen LogP contribution in [0.25, 0.3) is 5.57 Å². The van der Waals surface area contributed by atoms with Gasteiger partial charge in [0.15, 0.2) is 5.78 Å². The van der Waals surface area contributed by atoms with Crippen LogP contribution in [0.3, 0.4) is 0 Å². The monoisotopic (exact) mass is 456 g/mol. The van der Waals surface area contributed by atoms with E-state index >= 15 is 0 Å². The maximum absolute atomic E-state index is 13.6. The number of carbonyl (C=O) groups is 3. The molecule has 0 spiro atoms. The molecule has 2 aliphatic rings. The van der Waals surface area contributed by atoms with Gasteiger partial charge in [-0.15, -0.1) is 0 Å². The minimum atomic E-state index is -0.431. The average molecular weight is 457 g/mol. The Bertz CT molecular complexity index is 1140. The van der Waals surface area contributed by atoms with Crippen molar-refractivity contribution in [2.24, 2.45) is 17.8 Å². The lowest BCUT2D eigenvalue weighted by Gasteiger charge is -2.28. The van der Waals surface area contributed by atoms with Gasteiger partial charge in [0.2, 0.25) is 11.6 Å². The van der Waals surface area contributed by atoms with Crippen molar-refractivity contribution in [2.45, 2.75) is 72.6 Å². The van der Waals surface area contributed by atoms with Crippen molar-refractivity contribution >= 4 is 22.9 Å². The van der Waals surface area contributed by atoms with Crippen molar-refractivity contribution in [1.29, 1.82) is 0 Å². The first kappa shape index (κ1) is 24.3. The molecular weight excluding hydrogens is 420 g/mol. The van der Waals surface area contributed by atoms with Gasteiger partial charge in [0.25, 0.3) is 0 Å². The number of ketones is 3. The van der Waals surface area contributed by atoms with E-state index in [-0.39, 0.29) is 29.3 Å². The molecule has 1 saturated carbocycles. The van der Waals surface area contributed by atoms with Crippen LogP contribution < -0.4 is 0 Å². The summed E-state index contributed by atoms with van der Waals surface area (Å²) < 4.78 is 0. The Morgan fingerprint density at radius 2 is 1.59 bits per heavy atom. The summed E-state index contributed by atoms with van der Waals surface area (Å²) in [5.74, 6) is -0.224. The molecule has 0 heterocycles. The van der Waals surface area contributed by atoms with Gasteiger partial charge >= 0.3 is 0 Å². The highest BCUT2D eigenvalue weighted by Crippen LogP contribution is 2.40. The number of carbonyl (C=O) groups excluding carboxylic acids is 3. The number of hydrogen-bond donors (Lipinski definition) is 0. The van der Waals surface area contributed by atoms with Crippen molar-refractivity contribution < 1.29 is 14.4 Å². The summed E-state index contributed by atoms with van der Waals surface area (Å²) in [6, 6.07) is 12.7. The second kappa shape index (κ2) is 9.82. The van der Waals surface area contributed by atoms with Crippen molar-refractivity contribution in [3.8, 4) is 0 Å². The van der Waals surface area contributed by atoms with E-state index in [1.165, 1.54) is 11.1 Å². The van der Waals surface area contributed by atoms with Crippen molar-refractivity contribution in [2.75, 3.05) is 0 Å². The third-order valence-electron chi connectivity index (χ3n) is 7.71. The molecule has 4 rings (SSSR count). The molecule has 0 amide bonds. The molecule has 3 heteroatoms. The number of aryl methyl sites for hydroxylation is 2. The first-order chi connectivity index (χ1) is 16.2. The van der Waals surface area contributed by atoms with Gasteiger partial charge in [0, 0.05) is 28.9 Å². The van der Waals surface area contributed by atoms with Gasteiger partial charge in [0.1, 0.15) is 0 Å². The van der Waals surface area contributed by atoms with E-state index in [0.717, 1.165) is 48.8 Å². The van der Waals surface area contributed by atoms with Gasteiger partial charge in [-0.1, -0.05) is 62.7 Å². The molecule has 1 unspecified atom stereocenters. The Labute approximate surface area is 203 Å². The van der Waals surface area contributed by atoms with Crippen molar-refractivity contribution in [1.82, 2.24) is 0 Å². The van der Waals surface area contributed by atoms with Crippen LogP contribution in [-0.2, 0) is 16.0 Å². The van der Waals surface area contributed by atoms with Crippen LogP contribution in [0.5, 0.6) is 0 Å². The standard InChI is InChI=1S/C31H36O3/c1-18(2)29(32)31(34)28-15-20(4)25-14-21(5)26(17-27(25)28)30(33)24-12-10-23(11-13-24)16-22-8-6-19(3)7-9-22/h6-9,14-15,17-18,20,23-24H,10-13,16H2,1-5H3. The first-order valence-corrected chi connectivity index (χ1v) is 12.7. The minimum Gasteiger partial charge on any atom is -0.294 e. The third-order valence-corrected chi connectivity index (χ3v) is 7.71. The van der Waals surface area contributed by atoms with Crippen LogP contribution in [-0.4, -0.2) is 17.3 Å². The molecule has 34 heavy (non-hydrogen) atoms. The zero-order chi connectivity index (χ0) is 24.6. The largest absolute Gasteiger partial charge is 0.294 e. The average Bonchev–Trinajstić information content (AvgIpc) is 3.14. The molecule has 0 aromatic heterocycles. The highest BCUT2D eigenvalue weighted by atomic mass is 16.2. The molecule has 1 fully saturated rings. The Morgan fingerprint density at radius 1 is 0.941 bits per heavy atom. The van der Waals surface area contributed by atoms with Crippen LogP contribution in [0.15, 0.2) is 42.5 Å². The van der Waals surface area contributed by atoms with Gasteiger partial charge in [-0.3, -0.25) is 14.4 Å². The van der Waals surface area contributed by atoms with Crippen LogP contribution in [0.2, 0.25) is 0 Å². The van der Waals surface area contributed by atoms with Crippen LogP contribution >= 0.6 is 0 Å². The summed E-state index contributed by atoms with van der Waals surface area (Å²) in [5, 5.41) is 0. The number of Topliss-reactive ketones (excluding diaryl/α,β-unsaturated/α-hetero) is 3. The summed E-state index contributed by atoms with van der Waals surface area (Å²) >= 11 is 0. The number of benzene rings is 2. The maximum atomic E-state index is 13.6. The first-order valence-electron chi connectivity index (χ1n) is 12.7. The Hall–Kier alpha value is -2.81. The molecule has 2 aliphatic carbocycles. The molecule has 2 aromatic rings. The van der Waals surface area contributed by atoms with Crippen molar-refractivity contribution in [3.05, 3.63) is 75.9 Å². The predicted molar refractivity (Wildman–Crippen MR) is 137 cm³/mol. The lowest BCUT2D eigenvalue weighted by atomic mass is 9.76. The molecular formula is C31H36O3. The zero-order valence-electron chi connectivity index (χ0n) is 21.1. The SMILES string of the molecule is Cc1ccc(CC2CCC(C(=O)c3cc4c(cc3C)C(C)C=C4C(=O)C(=O)C(C)C)CC2)cc1. The van der Waals surface area contributed by atoms with Crippen LogP contribution in [0, 0.1) is 31.6 Å². The lowest BCUT2D eigenvalue weighted by molar-refractivity contribution is -0.135. The Kier molecular flexibility index (Phi) is 7.02. The molecule has 0 bridgehead atoms. The van der Waals surface area contributed by atoms with E-state index in [4.69, 9.17) is 0 Å². The lowest BCUT2D eigenvalue weighted by Crippen LogP contribution is -2.24. The fourth-order valence-electron chi connectivity index (χ4n) is 5.53. The van der Waals surface area contributed by atoms with E-state index in [1.807, 2.05) is 32.1 Å². The van der Waals surface area contributed by atoms with Crippen molar-refractivity contribution in [3.63, 3.8) is 0 Å². The van der Waals surface area contributed by atoms with Crippen LogP contribution in [0.1, 0.15) is 90.5 Å². The van der Waals surface area contributed by atoms with Gasteiger partial charge in [-0.25, -0.2) is 0 Å². The smallest absolute Gasteiger partial charge is 0.229 e. The predicted octanol–water partition coefficient (Wildman–Crippen LogP) is 6.83. The summed E-state index contributed by atoms with van der Waals surface area (Å²) in [4.78, 5) is 38.8. The van der Waals surface area contributed by atoms with E-state index < -0.39 is 5.78 Å². The van der Waals surface area contributed by atoms with E-state index in [9.17, 15) is 14.4 Å². The van der Waals surface area contributed by atoms with Gasteiger partial charge in [-0.2, -0.15) is 0 Å². The summed E-state index contributed by atoms with van der Waals surface area (Å²) in [5.41, 5.74) is 6.62. The van der Waals surface area contributed by atoms with E-state index in [0.29, 0.717) is 17.1 Å².